The Labute approximate surface area is 295 Å². The standard InChI is InChI=1S/C40H38BrClN6/c41-33-15-9-29(10-16-33)25-47(35-21-23-45(27-35)39-19-13-31-5-1-3-7-37(31)43-39)48(26-30-11-17-34(42)18-12-30)36-22-24-46(28-36)40-20-14-32-6-2-4-8-38(32)44-40/h1-20,35-36H,21-28H2. The fourth-order valence-electron chi connectivity index (χ4n) is 7.26. The van der Waals surface area contributed by atoms with E-state index in [9.17, 15) is 0 Å². The predicted molar refractivity (Wildman–Crippen MR) is 201 cm³/mol. The van der Waals surface area contributed by atoms with Gasteiger partial charge in [-0.05, 0) is 84.6 Å². The van der Waals surface area contributed by atoms with Gasteiger partial charge in [0.25, 0.3) is 0 Å². The smallest absolute Gasteiger partial charge is 0.129 e. The molecule has 2 aliphatic heterocycles. The summed E-state index contributed by atoms with van der Waals surface area (Å²) in [5.41, 5.74) is 4.64. The fourth-order valence-corrected chi connectivity index (χ4v) is 7.65. The van der Waals surface area contributed by atoms with Gasteiger partial charge in [0.1, 0.15) is 11.6 Å². The SMILES string of the molecule is Clc1ccc(CN(C2CCN(c3ccc4ccccc4n3)C2)N(Cc2ccc(Br)cc2)C2CCN(c3ccc4ccccc4n3)C2)cc1. The van der Waals surface area contributed by atoms with Gasteiger partial charge in [-0.3, -0.25) is 0 Å². The second kappa shape index (κ2) is 13.8. The van der Waals surface area contributed by atoms with E-state index < -0.39 is 0 Å². The first-order valence-electron chi connectivity index (χ1n) is 16.8. The number of benzene rings is 4. The zero-order valence-corrected chi connectivity index (χ0v) is 29.1. The first-order chi connectivity index (χ1) is 23.6. The van der Waals surface area contributed by atoms with E-state index in [1.165, 1.54) is 21.9 Å². The summed E-state index contributed by atoms with van der Waals surface area (Å²) in [4.78, 5) is 15.1. The molecule has 2 atom stereocenters. The monoisotopic (exact) mass is 716 g/mol. The van der Waals surface area contributed by atoms with Crippen LogP contribution in [-0.4, -0.2) is 58.2 Å². The summed E-state index contributed by atoms with van der Waals surface area (Å²) in [7, 11) is 0. The molecule has 0 N–H and O–H groups in total. The minimum absolute atomic E-state index is 0.317. The number of aromatic nitrogens is 2. The molecule has 0 spiro atoms. The van der Waals surface area contributed by atoms with Gasteiger partial charge in [0, 0.05) is 71.6 Å². The van der Waals surface area contributed by atoms with Crippen molar-refractivity contribution in [3.05, 3.63) is 142 Å². The Bertz CT molecular complexity index is 1870. The predicted octanol–water partition coefficient (Wildman–Crippen LogP) is 8.98. The summed E-state index contributed by atoms with van der Waals surface area (Å²) in [6.45, 7) is 5.41. The second-order valence-electron chi connectivity index (χ2n) is 12.9. The Hall–Kier alpha value is -4.01. The molecule has 2 saturated heterocycles. The Morgan fingerprint density at radius 3 is 1.54 bits per heavy atom. The molecule has 2 aromatic heterocycles. The van der Waals surface area contributed by atoms with Gasteiger partial charge in [-0.1, -0.05) is 88.2 Å². The molecular formula is C40H38BrClN6. The van der Waals surface area contributed by atoms with Crippen molar-refractivity contribution in [2.45, 2.75) is 38.0 Å². The van der Waals surface area contributed by atoms with Gasteiger partial charge in [-0.15, -0.1) is 0 Å². The van der Waals surface area contributed by atoms with Gasteiger partial charge in [0.15, 0.2) is 0 Å². The molecule has 8 rings (SSSR count). The maximum atomic E-state index is 6.35. The summed E-state index contributed by atoms with van der Waals surface area (Å²) in [5.74, 6) is 2.11. The van der Waals surface area contributed by atoms with Crippen LogP contribution in [-0.2, 0) is 13.1 Å². The van der Waals surface area contributed by atoms with Gasteiger partial charge in [-0.2, -0.15) is 0 Å². The Morgan fingerprint density at radius 1 is 0.583 bits per heavy atom. The highest BCUT2D eigenvalue weighted by molar-refractivity contribution is 9.10. The molecule has 6 aromatic rings. The van der Waals surface area contributed by atoms with Crippen molar-refractivity contribution in [1.29, 1.82) is 0 Å². The van der Waals surface area contributed by atoms with Crippen molar-refractivity contribution in [2.24, 2.45) is 0 Å². The van der Waals surface area contributed by atoms with E-state index in [1.807, 2.05) is 12.1 Å². The molecule has 0 amide bonds. The lowest BCUT2D eigenvalue weighted by molar-refractivity contribution is -0.0965. The highest BCUT2D eigenvalue weighted by Gasteiger charge is 2.38. The Kier molecular flexibility index (Phi) is 9.02. The quantitative estimate of drug-likeness (QED) is 0.139. The van der Waals surface area contributed by atoms with E-state index in [0.717, 1.165) is 84.3 Å². The van der Waals surface area contributed by atoms with Crippen LogP contribution in [0.4, 0.5) is 11.6 Å². The first-order valence-corrected chi connectivity index (χ1v) is 18.0. The third kappa shape index (κ3) is 6.78. The number of hydrogen-bond donors (Lipinski definition) is 0. The first kappa shape index (κ1) is 31.3. The molecule has 2 fully saturated rings. The van der Waals surface area contributed by atoms with Gasteiger partial charge < -0.3 is 9.80 Å². The normalized spacial score (nSPS) is 18.2. The molecule has 6 nitrogen and oxygen atoms in total. The van der Waals surface area contributed by atoms with Crippen LogP contribution in [0.5, 0.6) is 0 Å². The van der Waals surface area contributed by atoms with Crippen molar-refractivity contribution in [3.8, 4) is 0 Å². The number of halogens is 2. The number of anilines is 2. The summed E-state index contributed by atoms with van der Waals surface area (Å²) in [5, 5.41) is 8.44. The zero-order valence-electron chi connectivity index (χ0n) is 26.8. The summed E-state index contributed by atoms with van der Waals surface area (Å²) < 4.78 is 1.10. The topological polar surface area (TPSA) is 38.7 Å². The third-order valence-electron chi connectivity index (χ3n) is 9.83. The lowest BCUT2D eigenvalue weighted by Gasteiger charge is -2.43. The number of hydrazine groups is 1. The highest BCUT2D eigenvalue weighted by atomic mass is 79.9. The molecule has 0 bridgehead atoms. The molecule has 4 aromatic carbocycles. The number of rotatable bonds is 9. The number of nitrogens with zero attached hydrogens (tertiary/aromatic N) is 6. The average Bonchev–Trinajstić information content (AvgIpc) is 3.82. The maximum absolute atomic E-state index is 6.35. The lowest BCUT2D eigenvalue weighted by Crippen LogP contribution is -2.54. The summed E-state index contributed by atoms with van der Waals surface area (Å²) in [6.07, 6.45) is 2.12. The van der Waals surface area contributed by atoms with Crippen LogP contribution < -0.4 is 9.80 Å². The van der Waals surface area contributed by atoms with Crippen LogP contribution >= 0.6 is 27.5 Å². The van der Waals surface area contributed by atoms with Crippen molar-refractivity contribution in [3.63, 3.8) is 0 Å². The van der Waals surface area contributed by atoms with Crippen molar-refractivity contribution < 1.29 is 0 Å². The molecule has 2 unspecified atom stereocenters. The molecule has 4 heterocycles. The largest absolute Gasteiger partial charge is 0.355 e. The molecule has 8 heteroatoms. The minimum Gasteiger partial charge on any atom is -0.355 e. The summed E-state index contributed by atoms with van der Waals surface area (Å²) in [6, 6.07) is 43.3. The van der Waals surface area contributed by atoms with Gasteiger partial charge >= 0.3 is 0 Å². The van der Waals surface area contributed by atoms with E-state index in [1.54, 1.807) is 0 Å². The van der Waals surface area contributed by atoms with Crippen LogP contribution in [0.1, 0.15) is 24.0 Å². The van der Waals surface area contributed by atoms with Crippen molar-refractivity contribution in [2.75, 3.05) is 36.0 Å². The fraction of sp³-hybridized carbons (Fsp3) is 0.250. The lowest BCUT2D eigenvalue weighted by atomic mass is 10.1. The van der Waals surface area contributed by atoms with Gasteiger partial charge in [0.05, 0.1) is 11.0 Å². The third-order valence-corrected chi connectivity index (χ3v) is 10.6. The summed E-state index contributed by atoms with van der Waals surface area (Å²) >= 11 is 9.99. The van der Waals surface area contributed by atoms with Crippen LogP contribution in [0.15, 0.2) is 126 Å². The van der Waals surface area contributed by atoms with Gasteiger partial charge in [-0.25, -0.2) is 20.0 Å². The Balaban J connectivity index is 1.12. The van der Waals surface area contributed by atoms with E-state index in [4.69, 9.17) is 21.6 Å². The minimum atomic E-state index is 0.317. The number of pyridine rings is 2. The van der Waals surface area contributed by atoms with E-state index in [-0.39, 0.29) is 0 Å². The molecule has 0 radical (unpaired) electrons. The van der Waals surface area contributed by atoms with Crippen LogP contribution in [0.2, 0.25) is 5.02 Å². The molecule has 0 saturated carbocycles. The number of para-hydroxylation sites is 2. The van der Waals surface area contributed by atoms with E-state index in [0.29, 0.717) is 12.1 Å². The average molecular weight is 718 g/mol. The van der Waals surface area contributed by atoms with Crippen LogP contribution in [0.3, 0.4) is 0 Å². The zero-order chi connectivity index (χ0) is 32.5. The molecule has 48 heavy (non-hydrogen) atoms. The van der Waals surface area contributed by atoms with Crippen molar-refractivity contribution >= 4 is 61.0 Å². The van der Waals surface area contributed by atoms with Crippen LogP contribution in [0.25, 0.3) is 21.8 Å². The maximum Gasteiger partial charge on any atom is 0.129 e. The number of hydrogen-bond acceptors (Lipinski definition) is 6. The van der Waals surface area contributed by atoms with Crippen molar-refractivity contribution in [1.82, 2.24) is 20.0 Å². The van der Waals surface area contributed by atoms with E-state index in [2.05, 4.69) is 145 Å². The number of fused-ring (bicyclic) bond motifs is 2. The second-order valence-corrected chi connectivity index (χ2v) is 14.3. The molecule has 242 valence electrons. The van der Waals surface area contributed by atoms with Crippen LogP contribution in [0, 0.1) is 0 Å². The Morgan fingerprint density at radius 2 is 1.04 bits per heavy atom. The molecule has 2 aliphatic rings. The van der Waals surface area contributed by atoms with E-state index >= 15 is 0 Å². The molecular weight excluding hydrogens is 680 g/mol. The highest BCUT2D eigenvalue weighted by Crippen LogP contribution is 2.32. The molecule has 0 aliphatic carbocycles. The van der Waals surface area contributed by atoms with Gasteiger partial charge in [0.2, 0.25) is 0 Å².